The molecule has 0 radical (unpaired) electrons. The lowest BCUT2D eigenvalue weighted by Crippen LogP contribution is -2.05. The van der Waals surface area contributed by atoms with Gasteiger partial charge in [-0.15, -0.1) is 0 Å². The van der Waals surface area contributed by atoms with E-state index in [0.717, 1.165) is 35.2 Å². The van der Waals surface area contributed by atoms with Crippen LogP contribution in [-0.2, 0) is 12.6 Å². The van der Waals surface area contributed by atoms with Crippen molar-refractivity contribution in [1.82, 2.24) is 0 Å². The summed E-state index contributed by atoms with van der Waals surface area (Å²) in [4.78, 5) is 0. The largest absolute Gasteiger partial charge is 0.457 e. The van der Waals surface area contributed by atoms with Gasteiger partial charge in [0.15, 0.2) is 11.5 Å². The van der Waals surface area contributed by atoms with Crippen molar-refractivity contribution in [3.05, 3.63) is 107 Å². The predicted octanol–water partition coefficient (Wildman–Crippen LogP) is 9.26. The van der Waals surface area contributed by atoms with Gasteiger partial charge in [0.2, 0.25) is 0 Å². The van der Waals surface area contributed by atoms with Crippen LogP contribution < -0.4 is 14.2 Å². The summed E-state index contributed by atoms with van der Waals surface area (Å²) >= 11 is 0. The molecule has 0 aliphatic rings. The van der Waals surface area contributed by atoms with Gasteiger partial charge in [-0.1, -0.05) is 37.3 Å². The summed E-state index contributed by atoms with van der Waals surface area (Å²) in [5.74, 6) is 2.24. The van der Waals surface area contributed by atoms with Crippen LogP contribution in [-0.4, -0.2) is 0 Å². The SMILES string of the molecule is CCc1cccc(Oc2cc(C)cc(Oc3ccc(C(F)(F)F)cc3Oc3ccccc3C)c2)c1. The zero-order valence-electron chi connectivity index (χ0n) is 19.6. The highest BCUT2D eigenvalue weighted by molar-refractivity contribution is 5.50. The van der Waals surface area contributed by atoms with Crippen LogP contribution in [0.1, 0.15) is 29.2 Å². The third-order valence-corrected chi connectivity index (χ3v) is 5.38. The number of aryl methyl sites for hydroxylation is 3. The fourth-order valence-electron chi connectivity index (χ4n) is 3.56. The Balaban J connectivity index is 1.66. The average molecular weight is 479 g/mol. The van der Waals surface area contributed by atoms with Crippen molar-refractivity contribution >= 4 is 0 Å². The van der Waals surface area contributed by atoms with Gasteiger partial charge >= 0.3 is 6.18 Å². The van der Waals surface area contributed by atoms with Crippen molar-refractivity contribution in [3.63, 3.8) is 0 Å². The van der Waals surface area contributed by atoms with E-state index in [1.54, 1.807) is 24.3 Å². The van der Waals surface area contributed by atoms with Crippen LogP contribution in [0, 0.1) is 13.8 Å². The van der Waals surface area contributed by atoms with Crippen molar-refractivity contribution in [2.45, 2.75) is 33.4 Å². The summed E-state index contributed by atoms with van der Waals surface area (Å²) < 4.78 is 58.1. The zero-order valence-corrected chi connectivity index (χ0v) is 19.6. The van der Waals surface area contributed by atoms with E-state index in [4.69, 9.17) is 14.2 Å². The monoisotopic (exact) mass is 478 g/mol. The highest BCUT2D eigenvalue weighted by Crippen LogP contribution is 2.41. The lowest BCUT2D eigenvalue weighted by molar-refractivity contribution is -0.137. The van der Waals surface area contributed by atoms with Gasteiger partial charge < -0.3 is 14.2 Å². The summed E-state index contributed by atoms with van der Waals surface area (Å²) in [6.45, 7) is 5.78. The van der Waals surface area contributed by atoms with E-state index < -0.39 is 11.7 Å². The number of benzene rings is 4. The van der Waals surface area contributed by atoms with E-state index in [-0.39, 0.29) is 11.5 Å². The van der Waals surface area contributed by atoms with Crippen LogP contribution in [0.5, 0.6) is 34.5 Å². The average Bonchev–Trinajstić information content (AvgIpc) is 2.80. The van der Waals surface area contributed by atoms with E-state index >= 15 is 0 Å². The summed E-state index contributed by atoms with van der Waals surface area (Å²) in [6.07, 6.45) is -3.63. The molecule has 0 heterocycles. The van der Waals surface area contributed by atoms with Gasteiger partial charge in [0.25, 0.3) is 0 Å². The molecule has 0 atom stereocenters. The molecular weight excluding hydrogens is 453 g/mol. The Labute approximate surface area is 202 Å². The first-order valence-electron chi connectivity index (χ1n) is 11.2. The lowest BCUT2D eigenvalue weighted by Gasteiger charge is -2.17. The minimum absolute atomic E-state index is 0.0336. The third kappa shape index (κ3) is 6.15. The standard InChI is InChI=1S/C29H25F3O3/c1-4-21-9-7-10-23(16-21)33-24-14-19(2)15-25(18-24)34-27-13-12-22(29(30,31)32)17-28(27)35-26-11-6-5-8-20(26)3/h5-18H,4H2,1-3H3. The van der Waals surface area contributed by atoms with Gasteiger partial charge in [-0.2, -0.15) is 13.2 Å². The van der Waals surface area contributed by atoms with E-state index in [0.29, 0.717) is 23.0 Å². The molecule has 0 aliphatic heterocycles. The topological polar surface area (TPSA) is 27.7 Å². The molecule has 0 unspecified atom stereocenters. The summed E-state index contributed by atoms with van der Waals surface area (Å²) in [5, 5.41) is 0. The van der Waals surface area contributed by atoms with Crippen molar-refractivity contribution < 1.29 is 27.4 Å². The number of rotatable bonds is 7. The molecule has 0 saturated carbocycles. The van der Waals surface area contributed by atoms with Crippen LogP contribution in [0.15, 0.2) is 84.9 Å². The van der Waals surface area contributed by atoms with Crippen molar-refractivity contribution in [2.75, 3.05) is 0 Å². The Morgan fingerprint density at radius 3 is 2.09 bits per heavy atom. The number of halogens is 3. The Morgan fingerprint density at radius 2 is 1.37 bits per heavy atom. The molecule has 0 N–H and O–H groups in total. The Morgan fingerprint density at radius 1 is 0.629 bits per heavy atom. The quantitative estimate of drug-likeness (QED) is 0.265. The van der Waals surface area contributed by atoms with Crippen LogP contribution in [0.2, 0.25) is 0 Å². The first-order chi connectivity index (χ1) is 16.7. The van der Waals surface area contributed by atoms with Gasteiger partial charge in [0, 0.05) is 6.07 Å². The van der Waals surface area contributed by atoms with Crippen molar-refractivity contribution in [2.24, 2.45) is 0 Å². The molecule has 0 amide bonds. The predicted molar refractivity (Wildman–Crippen MR) is 130 cm³/mol. The van der Waals surface area contributed by atoms with Crippen LogP contribution >= 0.6 is 0 Å². The molecule has 0 bridgehead atoms. The summed E-state index contributed by atoms with van der Waals surface area (Å²) in [5.41, 5.74) is 1.99. The molecule has 35 heavy (non-hydrogen) atoms. The van der Waals surface area contributed by atoms with Crippen molar-refractivity contribution in [1.29, 1.82) is 0 Å². The second-order valence-electron chi connectivity index (χ2n) is 8.21. The van der Waals surface area contributed by atoms with Gasteiger partial charge in [0.1, 0.15) is 23.0 Å². The molecule has 0 saturated heterocycles. The lowest BCUT2D eigenvalue weighted by atomic mass is 10.1. The molecule has 4 aromatic rings. The molecule has 0 aromatic heterocycles. The maximum Gasteiger partial charge on any atom is 0.416 e. The van der Waals surface area contributed by atoms with E-state index in [1.807, 2.05) is 56.3 Å². The van der Waals surface area contributed by atoms with Gasteiger partial charge in [-0.3, -0.25) is 0 Å². The van der Waals surface area contributed by atoms with Crippen LogP contribution in [0.4, 0.5) is 13.2 Å². The molecule has 3 nitrogen and oxygen atoms in total. The fourth-order valence-corrected chi connectivity index (χ4v) is 3.56. The van der Waals surface area contributed by atoms with Crippen molar-refractivity contribution in [3.8, 4) is 34.5 Å². The molecule has 0 spiro atoms. The smallest absolute Gasteiger partial charge is 0.416 e. The minimum Gasteiger partial charge on any atom is -0.457 e. The zero-order chi connectivity index (χ0) is 25.0. The normalized spacial score (nSPS) is 11.3. The number of hydrogen-bond acceptors (Lipinski definition) is 3. The maximum atomic E-state index is 13.4. The van der Waals surface area contributed by atoms with Gasteiger partial charge in [-0.25, -0.2) is 0 Å². The molecule has 6 heteroatoms. The molecule has 180 valence electrons. The molecular formula is C29H25F3O3. The van der Waals surface area contributed by atoms with E-state index in [2.05, 4.69) is 6.92 Å². The molecule has 4 rings (SSSR count). The second-order valence-corrected chi connectivity index (χ2v) is 8.21. The van der Waals surface area contributed by atoms with Gasteiger partial charge in [-0.05, 0) is 85.5 Å². The first-order valence-corrected chi connectivity index (χ1v) is 11.2. The Bertz CT molecular complexity index is 1330. The van der Waals surface area contributed by atoms with Crippen LogP contribution in [0.3, 0.4) is 0 Å². The number of para-hydroxylation sites is 1. The molecule has 0 fully saturated rings. The van der Waals surface area contributed by atoms with E-state index in [9.17, 15) is 13.2 Å². The van der Waals surface area contributed by atoms with Crippen LogP contribution in [0.25, 0.3) is 0 Å². The summed E-state index contributed by atoms with van der Waals surface area (Å²) in [7, 11) is 0. The van der Waals surface area contributed by atoms with E-state index in [1.165, 1.54) is 6.07 Å². The Hall–Kier alpha value is -3.93. The second kappa shape index (κ2) is 10.1. The summed E-state index contributed by atoms with van der Waals surface area (Å²) in [6, 6.07) is 23.4. The fraction of sp³-hybridized carbons (Fsp3) is 0.172. The Kier molecular flexibility index (Phi) is 7.01. The number of hydrogen-bond donors (Lipinski definition) is 0. The van der Waals surface area contributed by atoms with Gasteiger partial charge in [0.05, 0.1) is 5.56 Å². The molecule has 0 aliphatic carbocycles. The molecule has 4 aromatic carbocycles. The highest BCUT2D eigenvalue weighted by Gasteiger charge is 2.31. The number of ether oxygens (including phenoxy) is 3. The third-order valence-electron chi connectivity index (χ3n) is 5.38. The minimum atomic E-state index is -4.51. The number of alkyl halides is 3. The first kappa shape index (κ1) is 24.2. The highest BCUT2D eigenvalue weighted by atomic mass is 19.4. The maximum absolute atomic E-state index is 13.4.